The molecule has 1 heterocycles. The van der Waals surface area contributed by atoms with Crippen molar-refractivity contribution in [3.63, 3.8) is 0 Å². The lowest BCUT2D eigenvalue weighted by Gasteiger charge is -2.27. The number of hydrogen-bond donors (Lipinski definition) is 0. The van der Waals surface area contributed by atoms with E-state index in [-0.39, 0.29) is 5.91 Å². The molecular weight excluding hydrogens is 373 g/mol. The average molecular weight is 390 g/mol. The van der Waals surface area contributed by atoms with Crippen LogP contribution in [0.25, 0.3) is 5.57 Å². The van der Waals surface area contributed by atoms with Gasteiger partial charge in [-0.15, -0.1) is 0 Å². The summed E-state index contributed by atoms with van der Waals surface area (Å²) in [7, 11) is 1.64. The molecule has 0 radical (unpaired) electrons. The predicted octanol–water partition coefficient (Wildman–Crippen LogP) is 4.53. The first kappa shape index (κ1) is 16.7. The van der Waals surface area contributed by atoms with Crippen molar-refractivity contribution >= 4 is 27.4 Å². The number of carbonyl (C=O) groups is 1. The number of carbonyl (C=O) groups excluding carboxylic acids is 1. The minimum atomic E-state index is -0.417. The zero-order valence-electron chi connectivity index (χ0n) is 13.3. The Morgan fingerprint density at radius 2 is 1.96 bits per heavy atom. The Morgan fingerprint density at radius 1 is 1.21 bits per heavy atom. The number of hydrogen-bond acceptors (Lipinski definition) is 2. The highest BCUT2D eigenvalue weighted by atomic mass is 79.9. The highest BCUT2D eigenvalue weighted by molar-refractivity contribution is 9.10. The van der Waals surface area contributed by atoms with Crippen LogP contribution in [0.15, 0.2) is 53.0 Å². The van der Waals surface area contributed by atoms with Crippen LogP contribution in [0.4, 0.5) is 4.39 Å². The molecule has 3 nitrogen and oxygen atoms in total. The zero-order chi connectivity index (χ0) is 17.1. The maximum absolute atomic E-state index is 13.5. The van der Waals surface area contributed by atoms with E-state index in [4.69, 9.17) is 4.74 Å². The number of benzene rings is 2. The first-order chi connectivity index (χ1) is 11.6. The summed E-state index contributed by atoms with van der Waals surface area (Å²) in [4.78, 5) is 14.3. The third-order valence-corrected chi connectivity index (χ3v) is 4.52. The van der Waals surface area contributed by atoms with E-state index in [1.54, 1.807) is 18.1 Å². The van der Waals surface area contributed by atoms with Crippen LogP contribution in [-0.2, 0) is 0 Å². The molecule has 0 fully saturated rings. The smallest absolute Gasteiger partial charge is 0.254 e. The molecule has 3 rings (SSSR count). The van der Waals surface area contributed by atoms with Gasteiger partial charge in [-0.25, -0.2) is 4.39 Å². The lowest BCUT2D eigenvalue weighted by molar-refractivity contribution is 0.0772. The van der Waals surface area contributed by atoms with Gasteiger partial charge in [0.15, 0.2) is 0 Å². The first-order valence-electron chi connectivity index (χ1n) is 7.65. The lowest BCUT2D eigenvalue weighted by Crippen LogP contribution is -2.34. The van der Waals surface area contributed by atoms with Crippen molar-refractivity contribution < 1.29 is 13.9 Å². The molecule has 0 saturated carbocycles. The molecule has 1 aliphatic rings. The van der Waals surface area contributed by atoms with Gasteiger partial charge in [0.25, 0.3) is 5.91 Å². The van der Waals surface area contributed by atoms with Crippen LogP contribution in [0.3, 0.4) is 0 Å². The van der Waals surface area contributed by atoms with Gasteiger partial charge in [0.05, 0.1) is 7.11 Å². The summed E-state index contributed by atoms with van der Waals surface area (Å²) in [6, 6.07) is 12.2. The van der Waals surface area contributed by atoms with Crippen LogP contribution in [0, 0.1) is 5.82 Å². The molecule has 0 aromatic heterocycles. The minimum absolute atomic E-state index is 0.153. The summed E-state index contributed by atoms with van der Waals surface area (Å²) in [6.07, 6.45) is 2.83. The van der Waals surface area contributed by atoms with Gasteiger partial charge in [0.2, 0.25) is 0 Å². The number of methoxy groups -OCH3 is 1. The van der Waals surface area contributed by atoms with Crippen molar-refractivity contribution in [1.82, 2.24) is 4.90 Å². The molecule has 0 bridgehead atoms. The average Bonchev–Trinajstić information content (AvgIpc) is 2.60. The Balaban J connectivity index is 1.73. The number of amides is 1. The van der Waals surface area contributed by atoms with Gasteiger partial charge in [-0.3, -0.25) is 4.79 Å². The van der Waals surface area contributed by atoms with E-state index < -0.39 is 5.82 Å². The molecule has 2 aromatic rings. The molecule has 0 saturated heterocycles. The van der Waals surface area contributed by atoms with Crippen LogP contribution >= 0.6 is 15.9 Å². The Labute approximate surface area is 148 Å². The molecule has 0 unspecified atom stereocenters. The van der Waals surface area contributed by atoms with Crippen LogP contribution in [0.2, 0.25) is 0 Å². The molecule has 0 atom stereocenters. The zero-order valence-corrected chi connectivity index (χ0v) is 14.8. The first-order valence-corrected chi connectivity index (χ1v) is 8.45. The summed E-state index contributed by atoms with van der Waals surface area (Å²) >= 11 is 3.22. The number of halogens is 2. The van der Waals surface area contributed by atoms with E-state index in [2.05, 4.69) is 22.0 Å². The molecule has 0 aliphatic carbocycles. The summed E-state index contributed by atoms with van der Waals surface area (Å²) in [6.45, 7) is 1.14. The normalized spacial score (nSPS) is 14.3. The molecule has 124 valence electrons. The standard InChI is InChI=1S/C19H17BrFNO2/c1-24-18-4-2-13(3-5-18)14-6-8-22(9-7-14)19(23)15-10-16(20)12-17(21)11-15/h2-6,10-12H,7-9H2,1H3. The van der Waals surface area contributed by atoms with Crippen molar-refractivity contribution in [2.45, 2.75) is 6.42 Å². The van der Waals surface area contributed by atoms with Gasteiger partial charge in [-0.05, 0) is 47.9 Å². The SMILES string of the molecule is COc1ccc(C2=CCN(C(=O)c3cc(F)cc(Br)c3)CC2)cc1. The van der Waals surface area contributed by atoms with Crippen molar-refractivity contribution in [2.24, 2.45) is 0 Å². The van der Waals surface area contributed by atoms with Gasteiger partial charge in [-0.1, -0.05) is 34.1 Å². The van der Waals surface area contributed by atoms with Crippen molar-refractivity contribution in [1.29, 1.82) is 0 Å². The monoisotopic (exact) mass is 389 g/mol. The fourth-order valence-electron chi connectivity index (χ4n) is 2.78. The maximum atomic E-state index is 13.5. The lowest BCUT2D eigenvalue weighted by atomic mass is 9.99. The highest BCUT2D eigenvalue weighted by Gasteiger charge is 2.20. The quantitative estimate of drug-likeness (QED) is 0.771. The van der Waals surface area contributed by atoms with Crippen molar-refractivity contribution in [2.75, 3.05) is 20.2 Å². The van der Waals surface area contributed by atoms with E-state index in [0.717, 1.165) is 17.7 Å². The Hall–Kier alpha value is -2.14. The molecule has 0 N–H and O–H groups in total. The van der Waals surface area contributed by atoms with E-state index in [0.29, 0.717) is 23.1 Å². The molecule has 0 spiro atoms. The Kier molecular flexibility index (Phi) is 5.00. The molecule has 24 heavy (non-hydrogen) atoms. The van der Waals surface area contributed by atoms with Crippen molar-refractivity contribution in [3.8, 4) is 5.75 Å². The molecule has 2 aromatic carbocycles. The fourth-order valence-corrected chi connectivity index (χ4v) is 3.25. The summed E-state index contributed by atoms with van der Waals surface area (Å²) in [5.41, 5.74) is 2.71. The maximum Gasteiger partial charge on any atom is 0.254 e. The molecule has 1 aliphatic heterocycles. The number of rotatable bonds is 3. The predicted molar refractivity (Wildman–Crippen MR) is 95.6 cm³/mol. The van der Waals surface area contributed by atoms with Gasteiger partial charge in [-0.2, -0.15) is 0 Å². The third kappa shape index (κ3) is 3.67. The van der Waals surface area contributed by atoms with E-state index in [1.165, 1.54) is 17.7 Å². The van der Waals surface area contributed by atoms with Gasteiger partial charge < -0.3 is 9.64 Å². The highest BCUT2D eigenvalue weighted by Crippen LogP contribution is 2.25. The van der Waals surface area contributed by atoms with E-state index in [1.807, 2.05) is 24.3 Å². The number of nitrogens with zero attached hydrogens (tertiary/aromatic N) is 1. The summed E-state index contributed by atoms with van der Waals surface area (Å²) in [5, 5.41) is 0. The second-order valence-corrected chi connectivity index (χ2v) is 6.53. The Morgan fingerprint density at radius 3 is 2.54 bits per heavy atom. The number of ether oxygens (including phenoxy) is 1. The van der Waals surface area contributed by atoms with Crippen LogP contribution in [0.1, 0.15) is 22.3 Å². The van der Waals surface area contributed by atoms with Crippen LogP contribution in [-0.4, -0.2) is 31.0 Å². The van der Waals surface area contributed by atoms with Gasteiger partial charge in [0, 0.05) is 23.1 Å². The summed E-state index contributed by atoms with van der Waals surface area (Å²) < 4.78 is 19.2. The third-order valence-electron chi connectivity index (χ3n) is 4.07. The fraction of sp³-hybridized carbons (Fsp3) is 0.211. The van der Waals surface area contributed by atoms with Crippen LogP contribution < -0.4 is 4.74 Å². The second kappa shape index (κ2) is 7.18. The van der Waals surface area contributed by atoms with E-state index in [9.17, 15) is 9.18 Å². The minimum Gasteiger partial charge on any atom is -0.497 e. The van der Waals surface area contributed by atoms with E-state index >= 15 is 0 Å². The molecule has 5 heteroatoms. The Bertz CT molecular complexity index is 766. The largest absolute Gasteiger partial charge is 0.497 e. The molecule has 1 amide bonds. The van der Waals surface area contributed by atoms with Gasteiger partial charge >= 0.3 is 0 Å². The van der Waals surface area contributed by atoms with Crippen LogP contribution in [0.5, 0.6) is 5.75 Å². The topological polar surface area (TPSA) is 29.5 Å². The molecular formula is C19H17BrFNO2. The van der Waals surface area contributed by atoms with Gasteiger partial charge in [0.1, 0.15) is 11.6 Å². The van der Waals surface area contributed by atoms with Crippen molar-refractivity contribution in [3.05, 3.63) is 70.0 Å². The second-order valence-electron chi connectivity index (χ2n) is 5.62. The summed E-state index contributed by atoms with van der Waals surface area (Å²) in [5.74, 6) is 0.253.